The van der Waals surface area contributed by atoms with Gasteiger partial charge in [-0.2, -0.15) is 0 Å². The molecule has 0 bridgehead atoms. The molecule has 0 saturated heterocycles. The lowest BCUT2D eigenvalue weighted by Crippen LogP contribution is -2.28. The van der Waals surface area contributed by atoms with Crippen molar-refractivity contribution in [1.29, 1.82) is 0 Å². The molecule has 6 heteroatoms. The maximum absolute atomic E-state index is 10.6. The maximum Gasteiger partial charge on any atom is 0.302 e. The second kappa shape index (κ2) is 3.46. The number of carboxylic acid groups (broad SMARTS) is 1. The number of hydrogen-bond acceptors (Lipinski definition) is 3. The molecule has 4 nitrogen and oxygen atoms in total. The van der Waals surface area contributed by atoms with Gasteiger partial charge >= 0.3 is 5.97 Å². The molecule has 4 radical (unpaired) electrons. The topological polar surface area (TPSA) is 63.6 Å². The van der Waals surface area contributed by atoms with Crippen LogP contribution in [0.4, 0.5) is 0 Å². The van der Waals surface area contributed by atoms with Crippen molar-refractivity contribution < 1.29 is 19.4 Å². The van der Waals surface area contributed by atoms with E-state index in [1.807, 2.05) is 0 Å². The first-order chi connectivity index (χ1) is 4.90. The van der Waals surface area contributed by atoms with Crippen LogP contribution < -0.4 is 0 Å². The summed E-state index contributed by atoms with van der Waals surface area (Å²) in [5.41, 5.74) is 0. The molecule has 11 heavy (non-hydrogen) atoms. The van der Waals surface area contributed by atoms with Crippen molar-refractivity contribution in [2.75, 3.05) is 7.11 Å². The van der Waals surface area contributed by atoms with Crippen molar-refractivity contribution in [3.63, 3.8) is 0 Å². The van der Waals surface area contributed by atoms with Gasteiger partial charge in [-0.25, -0.2) is 0 Å². The predicted octanol–water partition coefficient (Wildman–Crippen LogP) is -0.913. The molecule has 0 aromatic carbocycles. The molecule has 0 saturated carbocycles. The lowest BCUT2D eigenvalue weighted by molar-refractivity contribution is -0.146. The van der Waals surface area contributed by atoms with Gasteiger partial charge < -0.3 is 9.84 Å². The van der Waals surface area contributed by atoms with Crippen LogP contribution in [0.2, 0.25) is 5.21 Å². The normalized spacial score (nSPS) is 10.6. The molecule has 0 unspecified atom stereocenters. The fourth-order valence-electron chi connectivity index (χ4n) is 0.512. The summed E-state index contributed by atoms with van der Waals surface area (Å²) in [7, 11) is 11.3. The SMILES string of the molecule is [B]C([B])(CC(=O)O)C(=O)OC. The first kappa shape index (κ1) is 10.1. The summed E-state index contributed by atoms with van der Waals surface area (Å²) in [5.74, 6) is -2.19. The minimum absolute atomic E-state index is 0.653. The molecule has 0 fully saturated rings. The third-order valence-electron chi connectivity index (χ3n) is 1.01. The predicted molar refractivity (Wildman–Crippen MR) is 38.5 cm³/mol. The van der Waals surface area contributed by atoms with Crippen LogP contribution in [0.1, 0.15) is 6.42 Å². The van der Waals surface area contributed by atoms with Gasteiger partial charge in [0.2, 0.25) is 0 Å². The Kier molecular flexibility index (Phi) is 3.17. The zero-order chi connectivity index (χ0) is 9.07. The van der Waals surface area contributed by atoms with Gasteiger partial charge in [-0.05, 0) is 0 Å². The first-order valence-electron chi connectivity index (χ1n) is 2.78. The van der Waals surface area contributed by atoms with E-state index in [1.54, 1.807) is 0 Å². The molecule has 0 spiro atoms. The van der Waals surface area contributed by atoms with Crippen molar-refractivity contribution in [1.82, 2.24) is 0 Å². The fourth-order valence-corrected chi connectivity index (χ4v) is 0.512. The Morgan fingerprint density at radius 3 is 2.27 bits per heavy atom. The van der Waals surface area contributed by atoms with Crippen LogP contribution in [0.5, 0.6) is 0 Å². The number of carbonyl (C=O) groups excluding carboxylic acids is 1. The quantitative estimate of drug-likeness (QED) is 0.419. The highest BCUT2D eigenvalue weighted by molar-refractivity contribution is 6.50. The summed E-state index contributed by atoms with van der Waals surface area (Å²) in [6, 6.07) is 0. The number of methoxy groups -OCH3 is 1. The summed E-state index contributed by atoms with van der Waals surface area (Å²) in [4.78, 5) is 20.7. The molecule has 0 atom stereocenters. The molecule has 0 aliphatic heterocycles. The largest absolute Gasteiger partial charge is 0.481 e. The van der Waals surface area contributed by atoms with Gasteiger partial charge in [0.15, 0.2) is 0 Å². The van der Waals surface area contributed by atoms with Crippen LogP contribution in [-0.2, 0) is 14.3 Å². The summed E-state index contributed by atoms with van der Waals surface area (Å²) in [5, 5.41) is 6.30. The zero-order valence-electron chi connectivity index (χ0n) is 6.03. The molecule has 0 rings (SSSR count). The van der Waals surface area contributed by atoms with E-state index in [2.05, 4.69) is 4.74 Å². The Labute approximate surface area is 66.7 Å². The zero-order valence-corrected chi connectivity index (χ0v) is 6.03. The Balaban J connectivity index is 4.21. The van der Waals surface area contributed by atoms with Crippen molar-refractivity contribution in [3.05, 3.63) is 0 Å². The Morgan fingerprint density at radius 2 is 2.00 bits per heavy atom. The van der Waals surface area contributed by atoms with Crippen molar-refractivity contribution in [3.8, 4) is 0 Å². The Bertz CT molecular complexity index is 177. The average Bonchev–Trinajstić information content (AvgIpc) is 1.83. The molecule has 0 aliphatic carbocycles. The minimum Gasteiger partial charge on any atom is -0.481 e. The van der Waals surface area contributed by atoms with Gasteiger partial charge in [0.05, 0.1) is 22.8 Å². The van der Waals surface area contributed by atoms with Crippen LogP contribution >= 0.6 is 0 Å². The Hall–Kier alpha value is -0.930. The lowest BCUT2D eigenvalue weighted by Gasteiger charge is -2.19. The molecule has 56 valence electrons. The summed E-state index contributed by atoms with van der Waals surface area (Å²) in [6.07, 6.45) is -0.653. The molecule has 1 N–H and O–H groups in total. The number of ether oxygens (including phenoxy) is 1. The molecule has 0 aliphatic rings. The highest BCUT2D eigenvalue weighted by Crippen LogP contribution is 2.22. The van der Waals surface area contributed by atoms with E-state index in [1.165, 1.54) is 0 Å². The maximum atomic E-state index is 10.6. The van der Waals surface area contributed by atoms with Gasteiger partial charge in [-0.3, -0.25) is 9.59 Å². The van der Waals surface area contributed by atoms with E-state index in [9.17, 15) is 9.59 Å². The molecule has 0 aromatic rings. The second-order valence-corrected chi connectivity index (χ2v) is 2.10. The molecule has 0 amide bonds. The molecular weight excluding hydrogens is 146 g/mol. The molecular formula is C5H6B2O4. The van der Waals surface area contributed by atoms with Gasteiger partial charge in [-0.15, -0.1) is 0 Å². The first-order valence-corrected chi connectivity index (χ1v) is 2.78. The van der Waals surface area contributed by atoms with Crippen molar-refractivity contribution >= 4 is 27.6 Å². The fraction of sp³-hybridized carbons (Fsp3) is 0.600. The van der Waals surface area contributed by atoms with E-state index in [0.717, 1.165) is 7.11 Å². The van der Waals surface area contributed by atoms with Crippen LogP contribution in [-0.4, -0.2) is 39.8 Å². The highest BCUT2D eigenvalue weighted by atomic mass is 16.5. The standard InChI is InChI=1S/C5H6B2O4/c1-11-4(10)5(6,7)2-3(8)9/h2H2,1H3,(H,8,9). The summed E-state index contributed by atoms with van der Waals surface area (Å²) >= 11 is 0. The summed E-state index contributed by atoms with van der Waals surface area (Å²) < 4.78 is 4.16. The van der Waals surface area contributed by atoms with Gasteiger partial charge in [0.1, 0.15) is 0 Å². The summed E-state index contributed by atoms with van der Waals surface area (Å²) in [6.45, 7) is 0. The van der Waals surface area contributed by atoms with E-state index < -0.39 is 23.6 Å². The lowest BCUT2D eigenvalue weighted by atomic mass is 9.53. The Morgan fingerprint density at radius 1 is 1.55 bits per heavy atom. The smallest absolute Gasteiger partial charge is 0.302 e. The van der Waals surface area contributed by atoms with E-state index in [0.29, 0.717) is 0 Å². The number of aliphatic carboxylic acids is 1. The second-order valence-electron chi connectivity index (χ2n) is 2.10. The van der Waals surface area contributed by atoms with E-state index in [4.69, 9.17) is 20.8 Å². The minimum atomic E-state index is -1.93. The third-order valence-corrected chi connectivity index (χ3v) is 1.01. The number of esters is 1. The average molecular weight is 152 g/mol. The number of carboxylic acids is 1. The number of rotatable bonds is 3. The van der Waals surface area contributed by atoms with Crippen molar-refractivity contribution in [2.24, 2.45) is 0 Å². The van der Waals surface area contributed by atoms with Crippen LogP contribution in [0.25, 0.3) is 0 Å². The number of carbonyl (C=O) groups is 2. The van der Waals surface area contributed by atoms with Crippen LogP contribution in [0.15, 0.2) is 0 Å². The monoisotopic (exact) mass is 152 g/mol. The van der Waals surface area contributed by atoms with E-state index >= 15 is 0 Å². The molecule has 0 heterocycles. The van der Waals surface area contributed by atoms with Gasteiger partial charge in [0, 0.05) is 11.6 Å². The third kappa shape index (κ3) is 3.11. The highest BCUT2D eigenvalue weighted by Gasteiger charge is 2.29. The number of hydrogen-bond donors (Lipinski definition) is 1. The van der Waals surface area contributed by atoms with Crippen LogP contribution in [0, 0.1) is 0 Å². The van der Waals surface area contributed by atoms with Gasteiger partial charge in [-0.1, -0.05) is 0 Å². The van der Waals surface area contributed by atoms with Crippen molar-refractivity contribution in [2.45, 2.75) is 11.6 Å². The van der Waals surface area contributed by atoms with Crippen LogP contribution in [0.3, 0.4) is 0 Å². The van der Waals surface area contributed by atoms with Gasteiger partial charge in [0.25, 0.3) is 5.97 Å². The molecule has 0 aromatic heterocycles. The van der Waals surface area contributed by atoms with E-state index in [-0.39, 0.29) is 0 Å².